The molecule has 0 unspecified atom stereocenters. The summed E-state index contributed by atoms with van der Waals surface area (Å²) in [7, 11) is 0. The summed E-state index contributed by atoms with van der Waals surface area (Å²) in [4.78, 5) is 28.7. The van der Waals surface area contributed by atoms with Gasteiger partial charge in [0, 0.05) is 25.7 Å². The maximum atomic E-state index is 12.6. The standard InChI is InChI=1S/C23H35N3O2S/c1-16(2)24-22(28)25-12-10-17(11-13-25)14-26-20(27)15-29-21(26)18-6-8-19(9-7-18)23(3,4)5/h6-9,16-17,21H,10-15H2,1-5H3,(H,24,28)/t21-/m0/s1. The van der Waals surface area contributed by atoms with Gasteiger partial charge in [0.05, 0.1) is 5.75 Å². The monoisotopic (exact) mass is 417 g/mol. The van der Waals surface area contributed by atoms with Crippen molar-refractivity contribution >= 4 is 23.7 Å². The van der Waals surface area contributed by atoms with E-state index < -0.39 is 0 Å². The van der Waals surface area contributed by atoms with E-state index in [2.05, 4.69) is 55.3 Å². The van der Waals surface area contributed by atoms with Crippen molar-refractivity contribution in [2.75, 3.05) is 25.4 Å². The number of nitrogens with zero attached hydrogens (tertiary/aromatic N) is 2. The van der Waals surface area contributed by atoms with E-state index >= 15 is 0 Å². The van der Waals surface area contributed by atoms with Crippen molar-refractivity contribution in [3.05, 3.63) is 35.4 Å². The smallest absolute Gasteiger partial charge is 0.317 e. The van der Waals surface area contributed by atoms with E-state index in [1.165, 1.54) is 11.1 Å². The minimum absolute atomic E-state index is 0.0306. The zero-order valence-corrected chi connectivity index (χ0v) is 19.2. The van der Waals surface area contributed by atoms with E-state index in [4.69, 9.17) is 0 Å². The highest BCUT2D eigenvalue weighted by atomic mass is 32.2. The van der Waals surface area contributed by atoms with Gasteiger partial charge in [-0.1, -0.05) is 45.0 Å². The Morgan fingerprint density at radius 1 is 1.17 bits per heavy atom. The Labute approximate surface area is 179 Å². The number of nitrogens with one attached hydrogen (secondary N) is 1. The first-order chi connectivity index (χ1) is 13.6. The molecule has 2 heterocycles. The summed E-state index contributed by atoms with van der Waals surface area (Å²) >= 11 is 1.73. The number of benzene rings is 1. The number of hydrogen-bond acceptors (Lipinski definition) is 3. The van der Waals surface area contributed by atoms with Crippen LogP contribution in [0, 0.1) is 5.92 Å². The zero-order chi connectivity index (χ0) is 21.2. The lowest BCUT2D eigenvalue weighted by atomic mass is 9.86. The van der Waals surface area contributed by atoms with E-state index in [9.17, 15) is 9.59 Å². The van der Waals surface area contributed by atoms with Gasteiger partial charge in [0.15, 0.2) is 0 Å². The van der Waals surface area contributed by atoms with E-state index in [0.717, 1.165) is 32.5 Å². The molecule has 2 aliphatic heterocycles. The first-order valence-corrected chi connectivity index (χ1v) is 11.8. The van der Waals surface area contributed by atoms with Gasteiger partial charge in [-0.2, -0.15) is 0 Å². The van der Waals surface area contributed by atoms with Crippen LogP contribution in [-0.4, -0.2) is 53.2 Å². The second-order valence-corrected chi connectivity index (χ2v) is 10.7. The predicted molar refractivity (Wildman–Crippen MR) is 120 cm³/mol. The molecule has 2 aliphatic rings. The third-order valence-corrected chi connectivity index (χ3v) is 7.05. The van der Waals surface area contributed by atoms with Gasteiger partial charge in [0.25, 0.3) is 0 Å². The molecule has 0 spiro atoms. The number of carbonyl (C=O) groups excluding carboxylic acids is 2. The number of piperidine rings is 1. The first-order valence-electron chi connectivity index (χ1n) is 10.7. The third-order valence-electron chi connectivity index (χ3n) is 5.80. The molecular weight excluding hydrogens is 382 g/mol. The Morgan fingerprint density at radius 3 is 2.34 bits per heavy atom. The summed E-state index contributed by atoms with van der Waals surface area (Å²) in [6.07, 6.45) is 1.91. The van der Waals surface area contributed by atoms with Crippen LogP contribution in [0.25, 0.3) is 0 Å². The largest absolute Gasteiger partial charge is 0.336 e. The van der Waals surface area contributed by atoms with Crippen LogP contribution >= 0.6 is 11.8 Å². The van der Waals surface area contributed by atoms with Crippen molar-refractivity contribution in [2.45, 2.75) is 64.3 Å². The van der Waals surface area contributed by atoms with E-state index in [1.54, 1.807) is 11.8 Å². The van der Waals surface area contributed by atoms with Crippen LogP contribution in [-0.2, 0) is 10.2 Å². The molecule has 3 rings (SSSR count). The topological polar surface area (TPSA) is 52.7 Å². The molecule has 1 N–H and O–H groups in total. The fourth-order valence-electron chi connectivity index (χ4n) is 4.01. The van der Waals surface area contributed by atoms with Crippen molar-refractivity contribution in [3.63, 3.8) is 0 Å². The van der Waals surface area contributed by atoms with Crippen molar-refractivity contribution in [3.8, 4) is 0 Å². The summed E-state index contributed by atoms with van der Waals surface area (Å²) < 4.78 is 0. The fourth-order valence-corrected chi connectivity index (χ4v) is 5.21. The minimum Gasteiger partial charge on any atom is -0.336 e. The highest BCUT2D eigenvalue weighted by Gasteiger charge is 2.35. The van der Waals surface area contributed by atoms with Gasteiger partial charge in [0.2, 0.25) is 5.91 Å². The van der Waals surface area contributed by atoms with Crippen LogP contribution in [0.5, 0.6) is 0 Å². The predicted octanol–water partition coefficient (Wildman–Crippen LogP) is 4.39. The van der Waals surface area contributed by atoms with Gasteiger partial charge in [0.1, 0.15) is 5.37 Å². The van der Waals surface area contributed by atoms with Gasteiger partial charge in [-0.25, -0.2) is 4.79 Å². The maximum absolute atomic E-state index is 12.6. The number of thioether (sulfide) groups is 1. The summed E-state index contributed by atoms with van der Waals surface area (Å²) in [6.45, 7) is 12.9. The summed E-state index contributed by atoms with van der Waals surface area (Å²) in [5, 5.41) is 3.08. The van der Waals surface area contributed by atoms with Gasteiger partial charge in [-0.15, -0.1) is 11.8 Å². The van der Waals surface area contributed by atoms with Crippen molar-refractivity contribution < 1.29 is 9.59 Å². The highest BCUT2D eigenvalue weighted by molar-refractivity contribution is 8.00. The average molecular weight is 418 g/mol. The van der Waals surface area contributed by atoms with Crippen LogP contribution in [0.1, 0.15) is 64.0 Å². The number of amides is 3. The molecule has 3 amide bonds. The van der Waals surface area contributed by atoms with Gasteiger partial charge < -0.3 is 15.1 Å². The lowest BCUT2D eigenvalue weighted by Gasteiger charge is -2.35. The molecule has 0 bridgehead atoms. The molecular formula is C23H35N3O2S. The Morgan fingerprint density at radius 2 is 1.79 bits per heavy atom. The molecule has 160 valence electrons. The Hall–Kier alpha value is -1.69. The van der Waals surface area contributed by atoms with E-state index in [0.29, 0.717) is 11.7 Å². The quantitative estimate of drug-likeness (QED) is 0.791. The van der Waals surface area contributed by atoms with Crippen LogP contribution in [0.15, 0.2) is 24.3 Å². The van der Waals surface area contributed by atoms with Crippen LogP contribution in [0.4, 0.5) is 4.79 Å². The van der Waals surface area contributed by atoms with Crippen LogP contribution in [0.3, 0.4) is 0 Å². The van der Waals surface area contributed by atoms with E-state index in [-0.39, 0.29) is 28.8 Å². The first kappa shape index (κ1) is 22.0. The molecule has 0 aliphatic carbocycles. The summed E-state index contributed by atoms with van der Waals surface area (Å²) in [6, 6.07) is 8.95. The Bertz CT molecular complexity index is 719. The Kier molecular flexibility index (Phi) is 6.82. The zero-order valence-electron chi connectivity index (χ0n) is 18.4. The maximum Gasteiger partial charge on any atom is 0.317 e. The molecule has 5 nitrogen and oxygen atoms in total. The van der Waals surface area contributed by atoms with E-state index in [1.807, 2.05) is 18.7 Å². The molecule has 6 heteroatoms. The molecule has 2 saturated heterocycles. The molecule has 1 aromatic rings. The van der Waals surface area contributed by atoms with Gasteiger partial charge in [-0.05, 0) is 49.1 Å². The number of carbonyl (C=O) groups is 2. The van der Waals surface area contributed by atoms with Crippen molar-refractivity contribution in [2.24, 2.45) is 5.92 Å². The number of rotatable bonds is 4. The van der Waals surface area contributed by atoms with Crippen molar-refractivity contribution in [1.82, 2.24) is 15.1 Å². The summed E-state index contributed by atoms with van der Waals surface area (Å²) in [5.41, 5.74) is 2.66. The number of hydrogen-bond donors (Lipinski definition) is 1. The lowest BCUT2D eigenvalue weighted by molar-refractivity contribution is -0.128. The second kappa shape index (κ2) is 8.99. The SMILES string of the molecule is CC(C)NC(=O)N1CCC(CN2C(=O)CS[C@H]2c2ccc(C(C)(C)C)cc2)CC1. The second-order valence-electron chi connectivity index (χ2n) is 9.62. The molecule has 0 saturated carbocycles. The number of urea groups is 1. The molecule has 0 aromatic heterocycles. The normalized spacial score (nSPS) is 21.2. The Balaban J connectivity index is 1.60. The minimum atomic E-state index is 0.0306. The van der Waals surface area contributed by atoms with Gasteiger partial charge in [-0.3, -0.25) is 4.79 Å². The fraction of sp³-hybridized carbons (Fsp3) is 0.652. The average Bonchev–Trinajstić information content (AvgIpc) is 3.01. The molecule has 2 fully saturated rings. The molecule has 0 radical (unpaired) electrons. The highest BCUT2D eigenvalue weighted by Crippen LogP contribution is 2.40. The van der Waals surface area contributed by atoms with Crippen molar-refractivity contribution in [1.29, 1.82) is 0 Å². The molecule has 1 aromatic carbocycles. The molecule has 29 heavy (non-hydrogen) atoms. The number of likely N-dealkylation sites (tertiary alicyclic amines) is 1. The summed E-state index contributed by atoms with van der Waals surface area (Å²) in [5.74, 6) is 1.25. The van der Waals surface area contributed by atoms with Crippen LogP contribution in [0.2, 0.25) is 0 Å². The van der Waals surface area contributed by atoms with Gasteiger partial charge >= 0.3 is 6.03 Å². The van der Waals surface area contributed by atoms with Crippen LogP contribution < -0.4 is 5.32 Å². The lowest BCUT2D eigenvalue weighted by Crippen LogP contribution is -2.47. The molecule has 1 atom stereocenters. The third kappa shape index (κ3) is 5.47.